The second kappa shape index (κ2) is 4.87. The van der Waals surface area contributed by atoms with Crippen LogP contribution < -0.4 is 10.6 Å². The number of anilines is 1. The fourth-order valence-corrected chi connectivity index (χ4v) is 2.97. The summed E-state index contributed by atoms with van der Waals surface area (Å²) in [4.78, 5) is 12.4. The maximum absolute atomic E-state index is 12.4. The molecule has 1 atom stereocenters. The zero-order valence-corrected chi connectivity index (χ0v) is 11.5. The van der Waals surface area contributed by atoms with Gasteiger partial charge in [-0.25, -0.2) is 0 Å². The van der Waals surface area contributed by atoms with Gasteiger partial charge in [0.1, 0.15) is 0 Å². The molecule has 102 valence electrons. The van der Waals surface area contributed by atoms with Gasteiger partial charge in [0.05, 0.1) is 5.92 Å². The molecule has 1 fully saturated rings. The SMILES string of the molecule is CCC1(CNC(=O)C2CCNc3ccccc32)CC1. The van der Waals surface area contributed by atoms with Crippen LogP contribution in [-0.4, -0.2) is 19.0 Å². The van der Waals surface area contributed by atoms with Crippen LogP contribution in [0.15, 0.2) is 24.3 Å². The molecule has 1 aromatic rings. The molecule has 0 radical (unpaired) electrons. The third-order valence-electron chi connectivity index (χ3n) is 4.75. The molecule has 19 heavy (non-hydrogen) atoms. The Hall–Kier alpha value is -1.51. The summed E-state index contributed by atoms with van der Waals surface area (Å²) in [6.45, 7) is 3.96. The zero-order valence-electron chi connectivity index (χ0n) is 11.5. The van der Waals surface area contributed by atoms with Crippen molar-refractivity contribution in [3.05, 3.63) is 29.8 Å². The molecule has 0 bridgehead atoms. The van der Waals surface area contributed by atoms with E-state index in [2.05, 4.69) is 29.7 Å². The summed E-state index contributed by atoms with van der Waals surface area (Å²) in [6.07, 6.45) is 4.61. The average Bonchev–Trinajstić information content (AvgIpc) is 3.25. The molecule has 0 saturated heterocycles. The number of benzene rings is 1. The largest absolute Gasteiger partial charge is 0.385 e. The van der Waals surface area contributed by atoms with Crippen LogP contribution in [-0.2, 0) is 4.79 Å². The first-order valence-corrected chi connectivity index (χ1v) is 7.35. The van der Waals surface area contributed by atoms with Crippen LogP contribution in [0.1, 0.15) is 44.1 Å². The van der Waals surface area contributed by atoms with Crippen LogP contribution in [0, 0.1) is 5.41 Å². The van der Waals surface area contributed by atoms with Gasteiger partial charge in [-0.15, -0.1) is 0 Å². The molecule has 3 nitrogen and oxygen atoms in total. The lowest BCUT2D eigenvalue weighted by atomic mass is 9.90. The van der Waals surface area contributed by atoms with Crippen LogP contribution in [0.3, 0.4) is 0 Å². The van der Waals surface area contributed by atoms with E-state index in [0.29, 0.717) is 5.41 Å². The fraction of sp³-hybridized carbons (Fsp3) is 0.562. The third kappa shape index (κ3) is 2.46. The van der Waals surface area contributed by atoms with Gasteiger partial charge >= 0.3 is 0 Å². The molecule has 1 unspecified atom stereocenters. The Labute approximate surface area is 114 Å². The maximum atomic E-state index is 12.4. The van der Waals surface area contributed by atoms with E-state index in [1.807, 2.05) is 12.1 Å². The van der Waals surface area contributed by atoms with Crippen molar-refractivity contribution in [2.75, 3.05) is 18.4 Å². The monoisotopic (exact) mass is 258 g/mol. The summed E-state index contributed by atoms with van der Waals surface area (Å²) in [7, 11) is 0. The molecular weight excluding hydrogens is 236 g/mol. The topological polar surface area (TPSA) is 41.1 Å². The molecule has 2 N–H and O–H groups in total. The minimum Gasteiger partial charge on any atom is -0.385 e. The van der Waals surface area contributed by atoms with E-state index < -0.39 is 0 Å². The summed E-state index contributed by atoms with van der Waals surface area (Å²) in [6, 6.07) is 8.16. The second-order valence-electron chi connectivity index (χ2n) is 5.93. The summed E-state index contributed by atoms with van der Waals surface area (Å²) in [5, 5.41) is 6.54. The maximum Gasteiger partial charge on any atom is 0.227 e. The van der Waals surface area contributed by atoms with E-state index in [1.165, 1.54) is 19.3 Å². The van der Waals surface area contributed by atoms with Gasteiger partial charge in [0.15, 0.2) is 0 Å². The van der Waals surface area contributed by atoms with Crippen LogP contribution in [0.25, 0.3) is 0 Å². The van der Waals surface area contributed by atoms with Crippen molar-refractivity contribution in [3.63, 3.8) is 0 Å². The average molecular weight is 258 g/mol. The predicted octanol–water partition coefficient (Wildman–Crippen LogP) is 2.89. The van der Waals surface area contributed by atoms with Crippen molar-refractivity contribution < 1.29 is 4.79 Å². The summed E-state index contributed by atoms with van der Waals surface area (Å²) in [5.74, 6) is 0.221. The third-order valence-corrected chi connectivity index (χ3v) is 4.75. The highest BCUT2D eigenvalue weighted by Gasteiger charge is 2.41. The van der Waals surface area contributed by atoms with Crippen LogP contribution in [0.4, 0.5) is 5.69 Å². The Balaban J connectivity index is 1.67. The van der Waals surface area contributed by atoms with Crippen molar-refractivity contribution in [1.82, 2.24) is 5.32 Å². The Kier molecular flexibility index (Phi) is 3.21. The van der Waals surface area contributed by atoms with Gasteiger partial charge in [0.25, 0.3) is 0 Å². The smallest absolute Gasteiger partial charge is 0.227 e. The summed E-state index contributed by atoms with van der Waals surface area (Å²) < 4.78 is 0. The van der Waals surface area contributed by atoms with Crippen molar-refractivity contribution in [2.45, 2.75) is 38.5 Å². The fourth-order valence-electron chi connectivity index (χ4n) is 2.97. The van der Waals surface area contributed by atoms with E-state index in [9.17, 15) is 4.79 Å². The zero-order chi connectivity index (χ0) is 13.3. The van der Waals surface area contributed by atoms with Gasteiger partial charge in [0.2, 0.25) is 5.91 Å². The minimum atomic E-state index is 0.0186. The van der Waals surface area contributed by atoms with Crippen LogP contribution in [0.5, 0.6) is 0 Å². The number of fused-ring (bicyclic) bond motifs is 1. The molecule has 3 heteroatoms. The van der Waals surface area contributed by atoms with E-state index in [4.69, 9.17) is 0 Å². The van der Waals surface area contributed by atoms with Gasteiger partial charge in [0, 0.05) is 18.8 Å². The molecular formula is C16H22N2O. The van der Waals surface area contributed by atoms with E-state index in [1.54, 1.807) is 0 Å². The van der Waals surface area contributed by atoms with E-state index >= 15 is 0 Å². The van der Waals surface area contributed by atoms with Crippen molar-refractivity contribution in [3.8, 4) is 0 Å². The van der Waals surface area contributed by atoms with Crippen LogP contribution >= 0.6 is 0 Å². The lowest BCUT2D eigenvalue weighted by molar-refractivity contribution is -0.123. The molecule has 1 aromatic carbocycles. The lowest BCUT2D eigenvalue weighted by Crippen LogP contribution is -2.36. The van der Waals surface area contributed by atoms with Crippen molar-refractivity contribution in [1.29, 1.82) is 0 Å². The van der Waals surface area contributed by atoms with E-state index in [-0.39, 0.29) is 11.8 Å². The second-order valence-corrected chi connectivity index (χ2v) is 5.93. The first kappa shape index (κ1) is 12.5. The number of nitrogens with one attached hydrogen (secondary N) is 2. The first-order chi connectivity index (χ1) is 9.24. The lowest BCUT2D eigenvalue weighted by Gasteiger charge is -2.26. The van der Waals surface area contributed by atoms with Gasteiger partial charge in [-0.3, -0.25) is 4.79 Å². The summed E-state index contributed by atoms with van der Waals surface area (Å²) >= 11 is 0. The number of carbonyl (C=O) groups is 1. The molecule has 0 spiro atoms. The molecule has 1 amide bonds. The molecule has 1 heterocycles. The molecule has 3 rings (SSSR count). The number of amides is 1. The van der Waals surface area contributed by atoms with Crippen molar-refractivity contribution >= 4 is 11.6 Å². The predicted molar refractivity (Wildman–Crippen MR) is 77.3 cm³/mol. The highest BCUT2D eigenvalue weighted by atomic mass is 16.1. The van der Waals surface area contributed by atoms with Gasteiger partial charge in [-0.2, -0.15) is 0 Å². The molecule has 1 aliphatic heterocycles. The minimum absolute atomic E-state index is 0.0186. The molecule has 1 saturated carbocycles. The first-order valence-electron chi connectivity index (χ1n) is 7.35. The number of rotatable bonds is 4. The Morgan fingerprint density at radius 2 is 2.21 bits per heavy atom. The van der Waals surface area contributed by atoms with Crippen molar-refractivity contribution in [2.24, 2.45) is 5.41 Å². The quantitative estimate of drug-likeness (QED) is 0.872. The molecule has 2 aliphatic rings. The Morgan fingerprint density at radius 3 is 2.95 bits per heavy atom. The highest BCUT2D eigenvalue weighted by Crippen LogP contribution is 2.48. The Bertz CT molecular complexity index is 479. The highest BCUT2D eigenvalue weighted by molar-refractivity contribution is 5.86. The molecule has 0 aromatic heterocycles. The number of carbonyl (C=O) groups excluding carboxylic acids is 1. The molecule has 1 aliphatic carbocycles. The van der Waals surface area contributed by atoms with E-state index in [0.717, 1.165) is 30.8 Å². The number of hydrogen-bond donors (Lipinski definition) is 2. The number of para-hydroxylation sites is 1. The standard InChI is InChI=1S/C16H22N2O/c1-2-16(8-9-16)11-18-15(19)13-7-10-17-14-6-4-3-5-12(13)14/h3-6,13,17H,2,7-11H2,1H3,(H,18,19). The summed E-state index contributed by atoms with van der Waals surface area (Å²) in [5.41, 5.74) is 2.68. The number of hydrogen-bond acceptors (Lipinski definition) is 2. The van der Waals surface area contributed by atoms with Crippen LogP contribution in [0.2, 0.25) is 0 Å². The van der Waals surface area contributed by atoms with Gasteiger partial charge in [-0.05, 0) is 42.7 Å². The van der Waals surface area contributed by atoms with Gasteiger partial charge < -0.3 is 10.6 Å². The van der Waals surface area contributed by atoms with Gasteiger partial charge in [-0.1, -0.05) is 25.1 Å². The normalized spacial score (nSPS) is 23.1. The Morgan fingerprint density at radius 1 is 1.42 bits per heavy atom.